The van der Waals surface area contributed by atoms with Crippen molar-refractivity contribution in [3.63, 3.8) is 0 Å². The fraction of sp³-hybridized carbons (Fsp3) is 0.300. The van der Waals surface area contributed by atoms with Crippen molar-refractivity contribution in [3.05, 3.63) is 107 Å². The van der Waals surface area contributed by atoms with Crippen LogP contribution < -0.4 is 0 Å². The number of aromatic amines is 1. The van der Waals surface area contributed by atoms with E-state index < -0.39 is 6.10 Å². The first kappa shape index (κ1) is 22.6. The summed E-state index contributed by atoms with van der Waals surface area (Å²) in [6.45, 7) is 3.80. The molecule has 3 aromatic carbocycles. The van der Waals surface area contributed by atoms with E-state index in [4.69, 9.17) is 0 Å². The van der Waals surface area contributed by atoms with Gasteiger partial charge in [0.1, 0.15) is 6.10 Å². The number of likely N-dealkylation sites (tertiary alicyclic amines) is 1. The van der Waals surface area contributed by atoms with E-state index in [9.17, 15) is 9.90 Å². The van der Waals surface area contributed by atoms with Gasteiger partial charge >= 0.3 is 0 Å². The molecule has 1 aromatic heterocycles. The summed E-state index contributed by atoms with van der Waals surface area (Å²) in [6, 6.07) is 26.3. The Morgan fingerprint density at radius 3 is 2.38 bits per heavy atom. The van der Waals surface area contributed by atoms with Crippen LogP contribution in [0.3, 0.4) is 0 Å². The molecule has 1 aliphatic heterocycles. The number of H-pyrrole nitrogens is 1. The number of aliphatic hydroxyl groups is 1. The van der Waals surface area contributed by atoms with Crippen LogP contribution in [0.25, 0.3) is 10.9 Å². The van der Waals surface area contributed by atoms with E-state index in [1.54, 1.807) is 6.20 Å². The van der Waals surface area contributed by atoms with Crippen molar-refractivity contribution < 1.29 is 9.90 Å². The summed E-state index contributed by atoms with van der Waals surface area (Å²) in [5, 5.41) is 12.3. The third-order valence-corrected chi connectivity index (χ3v) is 7.25. The van der Waals surface area contributed by atoms with E-state index in [1.807, 2.05) is 24.3 Å². The molecular weight excluding hydrogens is 420 g/mol. The molecule has 0 saturated carbocycles. The van der Waals surface area contributed by atoms with Crippen LogP contribution in [0.1, 0.15) is 45.9 Å². The molecular formula is C30H32N2O2. The second-order valence-electron chi connectivity index (χ2n) is 9.58. The molecule has 0 aliphatic carbocycles. The van der Waals surface area contributed by atoms with E-state index in [1.165, 1.54) is 11.1 Å². The molecule has 0 radical (unpaired) electrons. The van der Waals surface area contributed by atoms with Crippen LogP contribution in [-0.4, -0.2) is 40.0 Å². The minimum atomic E-state index is -1.13. The predicted octanol–water partition coefficient (Wildman–Crippen LogP) is 5.72. The molecule has 1 fully saturated rings. The second-order valence-corrected chi connectivity index (χ2v) is 9.58. The number of aromatic nitrogens is 1. The molecule has 4 aromatic rings. The Morgan fingerprint density at radius 1 is 0.971 bits per heavy atom. The number of aliphatic hydroxyl groups excluding tert-OH is 1. The minimum absolute atomic E-state index is 0.227. The Balaban J connectivity index is 1.37. The van der Waals surface area contributed by atoms with E-state index in [-0.39, 0.29) is 11.8 Å². The van der Waals surface area contributed by atoms with Crippen LogP contribution in [0.15, 0.2) is 85.1 Å². The molecule has 34 heavy (non-hydrogen) atoms. The van der Waals surface area contributed by atoms with Crippen molar-refractivity contribution in [1.29, 1.82) is 0 Å². The Bertz CT molecular complexity index is 1240. The first-order valence-corrected chi connectivity index (χ1v) is 12.2. The third-order valence-electron chi connectivity index (χ3n) is 7.25. The maximum atomic E-state index is 13.6. The molecule has 174 valence electrons. The summed E-state index contributed by atoms with van der Waals surface area (Å²) in [5.74, 6) is 0.396. The first-order chi connectivity index (χ1) is 16.6. The molecule has 2 heterocycles. The van der Waals surface area contributed by atoms with Gasteiger partial charge in [-0.3, -0.25) is 9.69 Å². The van der Waals surface area contributed by atoms with E-state index >= 15 is 0 Å². The zero-order valence-electron chi connectivity index (χ0n) is 19.7. The molecule has 4 heteroatoms. The standard InChI is InChI=1S/C30H32N2O2/c1-21-11-13-24(14-12-21)28(30(34)29(33)26-20-31-27-10-6-5-9-25(26)27)32-17-15-23(16-18-32)19-22-7-3-2-4-8-22/h2-14,20,23,28,30-31,34H,15-19H2,1H3/t28-,30-/m1/s1. The smallest absolute Gasteiger partial charge is 0.195 e. The van der Waals surface area contributed by atoms with Crippen molar-refractivity contribution in [2.45, 2.75) is 38.3 Å². The van der Waals surface area contributed by atoms with Crippen LogP contribution in [-0.2, 0) is 6.42 Å². The molecule has 4 nitrogen and oxygen atoms in total. The number of fused-ring (bicyclic) bond motifs is 1. The number of Topliss-reactive ketones (excluding diaryl/α,β-unsaturated/α-hetero) is 1. The number of rotatable bonds is 7. The summed E-state index contributed by atoms with van der Waals surface area (Å²) in [6.07, 6.45) is 3.80. The average Bonchev–Trinajstić information content (AvgIpc) is 3.31. The molecule has 2 N–H and O–H groups in total. The van der Waals surface area contributed by atoms with E-state index in [0.29, 0.717) is 11.5 Å². The quantitative estimate of drug-likeness (QED) is 0.353. The molecule has 0 bridgehead atoms. The monoisotopic (exact) mass is 452 g/mol. The van der Waals surface area contributed by atoms with Crippen molar-refractivity contribution in [1.82, 2.24) is 9.88 Å². The number of para-hydroxylation sites is 1. The highest BCUT2D eigenvalue weighted by molar-refractivity contribution is 6.10. The van der Waals surface area contributed by atoms with Gasteiger partial charge in [-0.25, -0.2) is 0 Å². The normalized spacial score (nSPS) is 17.0. The average molecular weight is 453 g/mol. The zero-order valence-corrected chi connectivity index (χ0v) is 19.7. The number of nitrogens with zero attached hydrogens (tertiary/aromatic N) is 1. The van der Waals surface area contributed by atoms with Gasteiger partial charge in [-0.2, -0.15) is 0 Å². The molecule has 5 rings (SSSR count). The number of ketones is 1. The third kappa shape index (κ3) is 4.70. The van der Waals surface area contributed by atoms with Crippen LogP contribution in [0, 0.1) is 12.8 Å². The van der Waals surface area contributed by atoms with Gasteiger partial charge in [0.25, 0.3) is 0 Å². The maximum Gasteiger partial charge on any atom is 0.195 e. The van der Waals surface area contributed by atoms with Crippen molar-refractivity contribution in [2.75, 3.05) is 13.1 Å². The Labute approximate surface area is 201 Å². The van der Waals surface area contributed by atoms with E-state index in [2.05, 4.69) is 71.4 Å². The fourth-order valence-corrected chi connectivity index (χ4v) is 5.32. The Hall–Kier alpha value is -3.21. The number of nitrogens with one attached hydrogen (secondary N) is 1. The highest BCUT2D eigenvalue weighted by atomic mass is 16.3. The van der Waals surface area contributed by atoms with Gasteiger partial charge in [0, 0.05) is 22.7 Å². The minimum Gasteiger partial charge on any atom is -0.383 e. The highest BCUT2D eigenvalue weighted by Gasteiger charge is 2.36. The lowest BCUT2D eigenvalue weighted by Gasteiger charge is -2.39. The lowest BCUT2D eigenvalue weighted by molar-refractivity contribution is 0.0265. The number of hydrogen-bond donors (Lipinski definition) is 2. The first-order valence-electron chi connectivity index (χ1n) is 12.2. The molecule has 0 spiro atoms. The number of aryl methyl sites for hydroxylation is 1. The van der Waals surface area contributed by atoms with Gasteiger partial charge in [0.2, 0.25) is 0 Å². The summed E-state index contributed by atoms with van der Waals surface area (Å²) in [5.41, 5.74) is 5.01. The SMILES string of the molecule is Cc1ccc([C@H]([C@@H](O)C(=O)c2c[nH]c3ccccc23)N2CCC(Cc3ccccc3)CC2)cc1. The van der Waals surface area contributed by atoms with Crippen LogP contribution in [0.2, 0.25) is 0 Å². The number of piperidine rings is 1. The molecule has 0 amide bonds. The van der Waals surface area contributed by atoms with Crippen LogP contribution in [0.5, 0.6) is 0 Å². The Morgan fingerprint density at radius 2 is 1.65 bits per heavy atom. The number of carbonyl (C=O) groups excluding carboxylic acids is 1. The predicted molar refractivity (Wildman–Crippen MR) is 137 cm³/mol. The van der Waals surface area contributed by atoms with Crippen molar-refractivity contribution in [2.24, 2.45) is 5.92 Å². The lowest BCUT2D eigenvalue weighted by Crippen LogP contribution is -2.44. The number of carbonyl (C=O) groups is 1. The van der Waals surface area contributed by atoms with Gasteiger partial charge in [-0.15, -0.1) is 0 Å². The summed E-state index contributed by atoms with van der Waals surface area (Å²) in [7, 11) is 0. The van der Waals surface area contributed by atoms with Gasteiger partial charge in [-0.1, -0.05) is 78.4 Å². The van der Waals surface area contributed by atoms with Crippen LogP contribution in [0.4, 0.5) is 0 Å². The van der Waals surface area contributed by atoms with E-state index in [0.717, 1.165) is 48.8 Å². The fourth-order valence-electron chi connectivity index (χ4n) is 5.32. The van der Waals surface area contributed by atoms with Gasteiger partial charge in [0.15, 0.2) is 5.78 Å². The summed E-state index contributed by atoms with van der Waals surface area (Å²) < 4.78 is 0. The molecule has 1 aliphatic rings. The highest BCUT2D eigenvalue weighted by Crippen LogP contribution is 2.33. The largest absolute Gasteiger partial charge is 0.383 e. The van der Waals surface area contributed by atoms with Crippen LogP contribution >= 0.6 is 0 Å². The Kier molecular flexibility index (Phi) is 6.61. The maximum absolute atomic E-state index is 13.6. The summed E-state index contributed by atoms with van der Waals surface area (Å²) in [4.78, 5) is 19.0. The van der Waals surface area contributed by atoms with Crippen molar-refractivity contribution >= 4 is 16.7 Å². The second kappa shape index (κ2) is 9.96. The molecule has 1 saturated heterocycles. The number of benzene rings is 3. The van der Waals surface area contributed by atoms with Gasteiger partial charge < -0.3 is 10.1 Å². The molecule has 0 unspecified atom stereocenters. The lowest BCUT2D eigenvalue weighted by atomic mass is 9.87. The number of hydrogen-bond acceptors (Lipinski definition) is 3. The zero-order chi connectivity index (χ0) is 23.5. The summed E-state index contributed by atoms with van der Waals surface area (Å²) >= 11 is 0. The topological polar surface area (TPSA) is 56.3 Å². The van der Waals surface area contributed by atoms with Gasteiger partial charge in [0.05, 0.1) is 6.04 Å². The molecule has 2 atom stereocenters. The van der Waals surface area contributed by atoms with Gasteiger partial charge in [-0.05, 0) is 62.4 Å². The van der Waals surface area contributed by atoms with Crippen molar-refractivity contribution in [3.8, 4) is 0 Å².